The minimum Gasteiger partial charge on any atom is -0.490 e. The van der Waals surface area contributed by atoms with Gasteiger partial charge in [0.15, 0.2) is 0 Å². The molecule has 25 heavy (non-hydrogen) atoms. The molecule has 1 amide bonds. The molecule has 130 valence electrons. The van der Waals surface area contributed by atoms with Crippen molar-refractivity contribution < 1.29 is 14.4 Å². The fourth-order valence-corrected chi connectivity index (χ4v) is 3.12. The Morgan fingerprint density at radius 3 is 2.40 bits per heavy atom. The highest BCUT2D eigenvalue weighted by Crippen LogP contribution is 2.14. The number of rotatable bonds is 6. The van der Waals surface area contributed by atoms with E-state index in [2.05, 4.69) is 30.8 Å². The first-order chi connectivity index (χ1) is 12.3. The van der Waals surface area contributed by atoms with Crippen molar-refractivity contribution in [2.75, 3.05) is 32.8 Å². The Bertz CT molecular complexity index is 690. The highest BCUT2D eigenvalue weighted by molar-refractivity contribution is 5.94. The van der Waals surface area contributed by atoms with Crippen LogP contribution in [0.1, 0.15) is 15.9 Å². The maximum atomic E-state index is 12.6. The number of nitrogens with one attached hydrogen (secondary N) is 1. The summed E-state index contributed by atoms with van der Waals surface area (Å²) in [4.78, 5) is 16.1. The summed E-state index contributed by atoms with van der Waals surface area (Å²) in [7, 11) is 0. The van der Waals surface area contributed by atoms with Crippen LogP contribution in [0.15, 0.2) is 67.3 Å². The van der Waals surface area contributed by atoms with E-state index in [0.29, 0.717) is 6.61 Å². The topological polar surface area (TPSA) is 34.0 Å². The van der Waals surface area contributed by atoms with Crippen molar-refractivity contribution in [2.45, 2.75) is 6.54 Å². The van der Waals surface area contributed by atoms with Crippen molar-refractivity contribution in [1.82, 2.24) is 4.90 Å². The molecule has 1 fully saturated rings. The number of benzene rings is 2. The van der Waals surface area contributed by atoms with Crippen molar-refractivity contribution in [1.29, 1.82) is 0 Å². The normalized spacial score (nSPS) is 15.0. The Morgan fingerprint density at radius 2 is 1.76 bits per heavy atom. The molecule has 1 aliphatic rings. The van der Waals surface area contributed by atoms with Gasteiger partial charge in [-0.2, -0.15) is 0 Å². The van der Waals surface area contributed by atoms with Gasteiger partial charge in [-0.05, 0) is 24.3 Å². The molecule has 0 radical (unpaired) electrons. The molecule has 2 aromatic carbocycles. The van der Waals surface area contributed by atoms with Gasteiger partial charge in [0.05, 0.1) is 26.2 Å². The third kappa shape index (κ3) is 4.70. The number of hydrogen-bond donors (Lipinski definition) is 1. The Hall–Kier alpha value is -2.59. The van der Waals surface area contributed by atoms with Gasteiger partial charge in [0, 0.05) is 11.1 Å². The van der Waals surface area contributed by atoms with E-state index in [4.69, 9.17) is 4.74 Å². The average molecular weight is 337 g/mol. The first-order valence-corrected chi connectivity index (χ1v) is 8.77. The van der Waals surface area contributed by atoms with Crippen molar-refractivity contribution >= 4 is 5.91 Å². The molecule has 1 aliphatic heterocycles. The molecule has 0 aliphatic carbocycles. The Balaban J connectivity index is 1.51. The van der Waals surface area contributed by atoms with Crippen LogP contribution in [-0.4, -0.2) is 43.6 Å². The quantitative estimate of drug-likeness (QED) is 0.816. The van der Waals surface area contributed by atoms with Crippen LogP contribution in [-0.2, 0) is 6.54 Å². The molecule has 4 nitrogen and oxygen atoms in total. The van der Waals surface area contributed by atoms with Gasteiger partial charge in [-0.3, -0.25) is 4.79 Å². The van der Waals surface area contributed by atoms with E-state index in [-0.39, 0.29) is 5.91 Å². The number of carbonyl (C=O) groups is 1. The molecular weight excluding hydrogens is 312 g/mol. The lowest BCUT2D eigenvalue weighted by Crippen LogP contribution is -3.13. The van der Waals surface area contributed by atoms with Crippen LogP contribution < -0.4 is 9.64 Å². The molecule has 1 saturated heterocycles. The Morgan fingerprint density at radius 1 is 1.08 bits per heavy atom. The predicted octanol–water partition coefficient (Wildman–Crippen LogP) is 1.79. The fourth-order valence-electron chi connectivity index (χ4n) is 3.12. The number of ether oxygens (including phenoxy) is 1. The SMILES string of the molecule is C=CCOc1ccc(C(=O)N2CC[NH+](Cc3ccccc3)CC2)cc1. The number of amides is 1. The van der Waals surface area contributed by atoms with E-state index in [1.54, 1.807) is 6.08 Å². The van der Waals surface area contributed by atoms with Gasteiger partial charge in [-0.25, -0.2) is 0 Å². The summed E-state index contributed by atoms with van der Waals surface area (Å²) < 4.78 is 5.46. The number of hydrogen-bond acceptors (Lipinski definition) is 2. The van der Waals surface area contributed by atoms with E-state index in [1.807, 2.05) is 35.2 Å². The minimum atomic E-state index is 0.106. The Kier molecular flexibility index (Phi) is 5.86. The van der Waals surface area contributed by atoms with Crippen LogP contribution in [0.5, 0.6) is 5.75 Å². The summed E-state index contributed by atoms with van der Waals surface area (Å²) in [6, 6.07) is 17.9. The van der Waals surface area contributed by atoms with Crippen molar-refractivity contribution in [3.63, 3.8) is 0 Å². The van der Waals surface area contributed by atoms with Crippen LogP contribution in [0.3, 0.4) is 0 Å². The standard InChI is InChI=1S/C21H24N2O2/c1-2-16-25-20-10-8-19(9-11-20)21(24)23-14-12-22(13-15-23)17-18-6-4-3-5-7-18/h2-11H,1,12-17H2/p+1. The molecule has 2 aromatic rings. The van der Waals surface area contributed by atoms with Gasteiger partial charge in [0.1, 0.15) is 18.9 Å². The molecule has 1 N–H and O–H groups in total. The monoisotopic (exact) mass is 337 g/mol. The molecule has 0 spiro atoms. The van der Waals surface area contributed by atoms with Gasteiger partial charge < -0.3 is 14.5 Å². The predicted molar refractivity (Wildman–Crippen MR) is 98.9 cm³/mol. The fraction of sp³-hybridized carbons (Fsp3) is 0.286. The number of quaternary nitrogens is 1. The largest absolute Gasteiger partial charge is 0.490 e. The lowest BCUT2D eigenvalue weighted by Gasteiger charge is -2.32. The third-order valence-electron chi connectivity index (χ3n) is 4.52. The van der Waals surface area contributed by atoms with E-state index >= 15 is 0 Å². The molecule has 0 bridgehead atoms. The molecule has 0 atom stereocenters. The molecular formula is C21H25N2O2+. The van der Waals surface area contributed by atoms with Crippen LogP contribution >= 0.6 is 0 Å². The number of nitrogens with zero attached hydrogens (tertiary/aromatic N) is 1. The van der Waals surface area contributed by atoms with Crippen molar-refractivity contribution in [3.05, 3.63) is 78.4 Å². The van der Waals surface area contributed by atoms with E-state index in [1.165, 1.54) is 10.5 Å². The molecule has 4 heteroatoms. The summed E-state index contributed by atoms with van der Waals surface area (Å²) in [5.41, 5.74) is 2.07. The smallest absolute Gasteiger partial charge is 0.254 e. The van der Waals surface area contributed by atoms with Crippen molar-refractivity contribution in [2.24, 2.45) is 0 Å². The summed E-state index contributed by atoms with van der Waals surface area (Å²) in [5, 5.41) is 0. The molecule has 0 aromatic heterocycles. The Labute approximate surface area is 149 Å². The second-order valence-corrected chi connectivity index (χ2v) is 6.33. The van der Waals surface area contributed by atoms with E-state index < -0.39 is 0 Å². The molecule has 3 rings (SSSR count). The number of piperazine rings is 1. The maximum absolute atomic E-state index is 12.6. The lowest BCUT2D eigenvalue weighted by molar-refractivity contribution is -0.917. The van der Waals surface area contributed by atoms with Gasteiger partial charge in [0.2, 0.25) is 0 Å². The lowest BCUT2D eigenvalue weighted by atomic mass is 10.1. The summed E-state index contributed by atoms with van der Waals surface area (Å²) in [6.45, 7) is 8.70. The van der Waals surface area contributed by atoms with Gasteiger partial charge >= 0.3 is 0 Å². The average Bonchev–Trinajstić information content (AvgIpc) is 2.68. The van der Waals surface area contributed by atoms with Gasteiger partial charge in [-0.1, -0.05) is 43.0 Å². The second-order valence-electron chi connectivity index (χ2n) is 6.33. The number of carbonyl (C=O) groups excluding carboxylic acids is 1. The third-order valence-corrected chi connectivity index (χ3v) is 4.52. The summed E-state index contributed by atoms with van der Waals surface area (Å²) >= 11 is 0. The molecule has 0 saturated carbocycles. The van der Waals surface area contributed by atoms with Crippen LogP contribution in [0.25, 0.3) is 0 Å². The summed E-state index contributed by atoms with van der Waals surface area (Å²) in [5.74, 6) is 0.864. The highest BCUT2D eigenvalue weighted by atomic mass is 16.5. The molecule has 0 unspecified atom stereocenters. The maximum Gasteiger partial charge on any atom is 0.254 e. The van der Waals surface area contributed by atoms with Gasteiger partial charge in [-0.15, -0.1) is 0 Å². The second kappa shape index (κ2) is 8.49. The van der Waals surface area contributed by atoms with E-state index in [0.717, 1.165) is 44.0 Å². The van der Waals surface area contributed by atoms with Crippen LogP contribution in [0, 0.1) is 0 Å². The molecule has 1 heterocycles. The minimum absolute atomic E-state index is 0.106. The zero-order valence-corrected chi connectivity index (χ0v) is 14.5. The zero-order chi connectivity index (χ0) is 17.5. The van der Waals surface area contributed by atoms with Crippen molar-refractivity contribution in [3.8, 4) is 5.75 Å². The van der Waals surface area contributed by atoms with E-state index in [9.17, 15) is 4.79 Å². The first kappa shape index (κ1) is 17.2. The van der Waals surface area contributed by atoms with Crippen LogP contribution in [0.2, 0.25) is 0 Å². The summed E-state index contributed by atoms with van der Waals surface area (Å²) in [6.07, 6.45) is 1.70. The van der Waals surface area contributed by atoms with Gasteiger partial charge in [0.25, 0.3) is 5.91 Å². The zero-order valence-electron chi connectivity index (χ0n) is 14.5. The van der Waals surface area contributed by atoms with Crippen LogP contribution in [0.4, 0.5) is 0 Å². The first-order valence-electron chi connectivity index (χ1n) is 8.77. The highest BCUT2D eigenvalue weighted by Gasteiger charge is 2.24.